The molecule has 1 aromatic heterocycles. The fourth-order valence-electron chi connectivity index (χ4n) is 2.57. The first-order chi connectivity index (χ1) is 13.8. The van der Waals surface area contributed by atoms with E-state index in [0.717, 1.165) is 0 Å². The van der Waals surface area contributed by atoms with E-state index >= 15 is 0 Å². The molecule has 1 unspecified atom stereocenters. The van der Waals surface area contributed by atoms with Crippen LogP contribution >= 0.6 is 0 Å². The van der Waals surface area contributed by atoms with Crippen LogP contribution in [0.25, 0.3) is 5.69 Å². The van der Waals surface area contributed by atoms with Crippen LogP contribution in [0.2, 0.25) is 0 Å². The predicted octanol–water partition coefficient (Wildman–Crippen LogP) is 0.674. The van der Waals surface area contributed by atoms with Crippen LogP contribution in [0.15, 0.2) is 23.2 Å². The zero-order valence-electron chi connectivity index (χ0n) is 16.1. The highest BCUT2D eigenvalue weighted by atomic mass is 16.3. The molecule has 0 fully saturated rings. The standard InChI is InChI=1S/C20H20N6O3/c1-13-18(19(22)29)24-26(20(13)23-2)16-9-14(8-15(10-16)11-21)4-5-17(28)6-7-25(3)12-27/h8-10,12,17,28H,2,6-7H2,1,3H3,(H2,22,29). The molecule has 0 radical (unpaired) electrons. The first kappa shape index (κ1) is 21.4. The third-order valence-corrected chi connectivity index (χ3v) is 4.08. The Morgan fingerprint density at radius 2 is 2.17 bits per heavy atom. The normalized spacial score (nSPS) is 11.0. The number of nitrogens with zero attached hydrogens (tertiary/aromatic N) is 5. The van der Waals surface area contributed by atoms with Crippen molar-refractivity contribution in [2.24, 2.45) is 10.7 Å². The van der Waals surface area contributed by atoms with E-state index in [-0.39, 0.29) is 12.1 Å². The first-order valence-corrected chi connectivity index (χ1v) is 8.57. The maximum atomic E-state index is 11.6. The van der Waals surface area contributed by atoms with Crippen LogP contribution in [0.3, 0.4) is 0 Å². The molecular weight excluding hydrogens is 372 g/mol. The number of rotatable bonds is 7. The minimum absolute atomic E-state index is 0.0529. The summed E-state index contributed by atoms with van der Waals surface area (Å²) in [7, 11) is 1.60. The summed E-state index contributed by atoms with van der Waals surface area (Å²) in [6.07, 6.45) is 0.0173. The largest absolute Gasteiger partial charge is 0.380 e. The number of aliphatic imine (C=N–C) groups is 1. The smallest absolute Gasteiger partial charge is 0.269 e. The molecule has 29 heavy (non-hydrogen) atoms. The molecule has 1 aromatic carbocycles. The van der Waals surface area contributed by atoms with Gasteiger partial charge in [-0.15, -0.1) is 0 Å². The Labute approximate surface area is 168 Å². The number of aromatic nitrogens is 2. The zero-order valence-corrected chi connectivity index (χ0v) is 16.1. The number of nitrogens with two attached hydrogens (primary N) is 1. The molecule has 0 aliphatic heterocycles. The van der Waals surface area contributed by atoms with E-state index in [1.165, 1.54) is 9.58 Å². The van der Waals surface area contributed by atoms with Gasteiger partial charge in [-0.25, -0.2) is 9.67 Å². The van der Waals surface area contributed by atoms with E-state index in [1.54, 1.807) is 32.2 Å². The van der Waals surface area contributed by atoms with Gasteiger partial charge < -0.3 is 15.7 Å². The molecule has 9 heteroatoms. The number of benzene rings is 1. The lowest BCUT2D eigenvalue weighted by Crippen LogP contribution is -2.21. The quantitative estimate of drug-likeness (QED) is 0.405. The van der Waals surface area contributed by atoms with Crippen molar-refractivity contribution in [1.29, 1.82) is 5.26 Å². The van der Waals surface area contributed by atoms with Crippen molar-refractivity contribution in [2.45, 2.75) is 19.4 Å². The molecule has 0 bridgehead atoms. The van der Waals surface area contributed by atoms with Gasteiger partial charge in [-0.2, -0.15) is 10.4 Å². The van der Waals surface area contributed by atoms with Crippen molar-refractivity contribution in [2.75, 3.05) is 13.6 Å². The summed E-state index contributed by atoms with van der Waals surface area (Å²) in [6, 6.07) is 6.81. The molecule has 0 aliphatic carbocycles. The summed E-state index contributed by atoms with van der Waals surface area (Å²) in [5.41, 5.74) is 7.09. The van der Waals surface area contributed by atoms with E-state index in [9.17, 15) is 20.0 Å². The predicted molar refractivity (Wildman–Crippen MR) is 107 cm³/mol. The topological polar surface area (TPSA) is 138 Å². The number of amides is 2. The third kappa shape index (κ3) is 5.06. The van der Waals surface area contributed by atoms with E-state index < -0.39 is 12.0 Å². The van der Waals surface area contributed by atoms with Gasteiger partial charge in [0.2, 0.25) is 6.41 Å². The summed E-state index contributed by atoms with van der Waals surface area (Å²) < 4.78 is 1.36. The Kier molecular flexibility index (Phi) is 6.85. The molecule has 1 heterocycles. The molecule has 0 saturated heterocycles. The van der Waals surface area contributed by atoms with E-state index in [1.807, 2.05) is 6.07 Å². The van der Waals surface area contributed by atoms with Gasteiger partial charge in [-0.05, 0) is 31.8 Å². The average Bonchev–Trinajstić information content (AvgIpc) is 3.06. The Balaban J connectivity index is 2.43. The molecule has 2 amide bonds. The maximum absolute atomic E-state index is 11.6. The van der Waals surface area contributed by atoms with Crippen molar-refractivity contribution in [3.8, 4) is 23.6 Å². The SMILES string of the molecule is C=Nc1c(C)c(C(N)=O)nn1-c1cc(C#N)cc(C#CC(O)CCN(C)C=O)c1. The lowest BCUT2D eigenvalue weighted by molar-refractivity contribution is -0.117. The first-order valence-electron chi connectivity index (χ1n) is 8.57. The Morgan fingerprint density at radius 1 is 1.48 bits per heavy atom. The fraction of sp³-hybridized carbons (Fsp3) is 0.250. The van der Waals surface area contributed by atoms with Gasteiger partial charge in [0, 0.05) is 31.1 Å². The highest BCUT2D eigenvalue weighted by molar-refractivity contribution is 5.93. The van der Waals surface area contributed by atoms with Crippen molar-refractivity contribution >= 4 is 24.9 Å². The van der Waals surface area contributed by atoms with E-state index in [2.05, 4.69) is 28.6 Å². The molecule has 3 N–H and O–H groups in total. The minimum Gasteiger partial charge on any atom is -0.380 e. The Morgan fingerprint density at radius 3 is 2.76 bits per heavy atom. The summed E-state index contributed by atoms with van der Waals surface area (Å²) in [6.45, 7) is 5.51. The molecule has 0 saturated carbocycles. The number of nitriles is 1. The van der Waals surface area contributed by atoms with Crippen LogP contribution in [-0.4, -0.2) is 58.5 Å². The number of aliphatic hydroxyl groups excluding tert-OH is 1. The summed E-state index contributed by atoms with van der Waals surface area (Å²) in [5.74, 6) is 5.12. The number of primary amides is 1. The zero-order chi connectivity index (χ0) is 21.6. The van der Waals surface area contributed by atoms with Crippen LogP contribution in [0, 0.1) is 30.1 Å². The number of aliphatic hydroxyl groups is 1. The van der Waals surface area contributed by atoms with Crippen molar-refractivity contribution < 1.29 is 14.7 Å². The van der Waals surface area contributed by atoms with Crippen LogP contribution in [0.1, 0.15) is 33.6 Å². The molecular formula is C20H20N6O3. The van der Waals surface area contributed by atoms with Crippen LogP contribution in [-0.2, 0) is 4.79 Å². The summed E-state index contributed by atoms with van der Waals surface area (Å²) in [4.78, 5) is 27.5. The highest BCUT2D eigenvalue weighted by Crippen LogP contribution is 2.26. The van der Waals surface area contributed by atoms with E-state index in [0.29, 0.717) is 41.2 Å². The molecule has 0 spiro atoms. The molecule has 9 nitrogen and oxygen atoms in total. The molecule has 1 atom stereocenters. The molecule has 0 aliphatic rings. The van der Waals surface area contributed by atoms with Crippen molar-refractivity contribution in [3.63, 3.8) is 0 Å². The average molecular weight is 392 g/mol. The Bertz CT molecular complexity index is 1050. The lowest BCUT2D eigenvalue weighted by atomic mass is 10.1. The van der Waals surface area contributed by atoms with Crippen LogP contribution < -0.4 is 5.73 Å². The number of carbonyl (C=O) groups is 2. The summed E-state index contributed by atoms with van der Waals surface area (Å²) >= 11 is 0. The highest BCUT2D eigenvalue weighted by Gasteiger charge is 2.19. The van der Waals surface area contributed by atoms with Crippen molar-refractivity contribution in [3.05, 3.63) is 40.6 Å². The fourth-order valence-corrected chi connectivity index (χ4v) is 2.57. The van der Waals surface area contributed by atoms with Gasteiger partial charge in [-0.1, -0.05) is 11.8 Å². The third-order valence-electron chi connectivity index (χ3n) is 4.08. The van der Waals surface area contributed by atoms with Gasteiger partial charge in [0.1, 0.15) is 6.10 Å². The molecule has 2 aromatic rings. The maximum Gasteiger partial charge on any atom is 0.269 e. The van der Waals surface area contributed by atoms with Crippen molar-refractivity contribution in [1.82, 2.24) is 14.7 Å². The number of hydrogen-bond donors (Lipinski definition) is 2. The van der Waals surface area contributed by atoms with Crippen LogP contribution in [0.5, 0.6) is 0 Å². The van der Waals surface area contributed by atoms with Gasteiger partial charge in [0.05, 0.1) is 17.3 Å². The van der Waals surface area contributed by atoms with Gasteiger partial charge in [0.25, 0.3) is 5.91 Å². The molecule has 2 rings (SSSR count). The van der Waals surface area contributed by atoms with E-state index in [4.69, 9.17) is 5.73 Å². The van der Waals surface area contributed by atoms with Gasteiger partial charge in [0.15, 0.2) is 11.5 Å². The van der Waals surface area contributed by atoms with Gasteiger partial charge in [-0.3, -0.25) is 9.59 Å². The van der Waals surface area contributed by atoms with Gasteiger partial charge >= 0.3 is 0 Å². The number of carbonyl (C=O) groups excluding carboxylic acids is 2. The number of hydrogen-bond acceptors (Lipinski definition) is 6. The Hall–Kier alpha value is -3.95. The monoisotopic (exact) mass is 392 g/mol. The molecule has 148 valence electrons. The second kappa shape index (κ2) is 9.31. The lowest BCUT2D eigenvalue weighted by Gasteiger charge is -2.10. The second-order valence-electron chi connectivity index (χ2n) is 6.27. The minimum atomic E-state index is -0.939. The summed E-state index contributed by atoms with van der Waals surface area (Å²) in [5, 5.41) is 23.5. The van der Waals surface area contributed by atoms with Crippen LogP contribution in [0.4, 0.5) is 5.82 Å². The second-order valence-corrected chi connectivity index (χ2v) is 6.27.